The second-order valence-electron chi connectivity index (χ2n) is 3.96. The van der Waals surface area contributed by atoms with Crippen LogP contribution in [0.3, 0.4) is 0 Å². The van der Waals surface area contributed by atoms with E-state index in [1.807, 2.05) is 5.32 Å². The molecule has 0 heterocycles. The molecule has 0 fully saturated rings. The van der Waals surface area contributed by atoms with Crippen LogP contribution in [0.25, 0.3) is 0 Å². The summed E-state index contributed by atoms with van der Waals surface area (Å²) < 4.78 is 48.8. The van der Waals surface area contributed by atoms with Crippen molar-refractivity contribution in [2.45, 2.75) is 38.7 Å². The third-order valence-corrected chi connectivity index (χ3v) is 1.95. The molecule has 96 valence electrons. The van der Waals surface area contributed by atoms with E-state index in [0.29, 0.717) is 6.42 Å². The molecule has 7 heteroatoms. The molecule has 3 N–H and O–H groups in total. The second-order valence-corrected chi connectivity index (χ2v) is 3.96. The van der Waals surface area contributed by atoms with Gasteiger partial charge in [-0.25, -0.2) is 8.78 Å². The van der Waals surface area contributed by atoms with Crippen LogP contribution in [0.5, 0.6) is 0 Å². The molecule has 1 atom stereocenters. The molecule has 0 saturated carbocycles. The minimum Gasteiger partial charge on any atom is -0.347 e. The fraction of sp³-hybridized carbons (Fsp3) is 0.889. The van der Waals surface area contributed by atoms with Crippen LogP contribution >= 0.6 is 0 Å². The third-order valence-electron chi connectivity index (χ3n) is 1.95. The van der Waals surface area contributed by atoms with E-state index in [1.54, 1.807) is 13.8 Å². The van der Waals surface area contributed by atoms with Gasteiger partial charge < -0.3 is 11.1 Å². The average Bonchev–Trinajstić information content (AvgIpc) is 2.15. The molecule has 0 radical (unpaired) electrons. The number of halogens is 4. The van der Waals surface area contributed by atoms with Crippen LogP contribution in [0.4, 0.5) is 17.6 Å². The summed E-state index contributed by atoms with van der Waals surface area (Å²) in [6, 6.07) is -0.711. The summed E-state index contributed by atoms with van der Waals surface area (Å²) in [5.41, 5.74) is 5.24. The van der Waals surface area contributed by atoms with Crippen molar-refractivity contribution < 1.29 is 22.4 Å². The van der Waals surface area contributed by atoms with Crippen LogP contribution in [-0.2, 0) is 4.79 Å². The van der Waals surface area contributed by atoms with E-state index in [4.69, 9.17) is 5.73 Å². The monoisotopic (exact) mass is 244 g/mol. The van der Waals surface area contributed by atoms with Crippen molar-refractivity contribution >= 4 is 5.91 Å². The summed E-state index contributed by atoms with van der Waals surface area (Å²) in [6.07, 6.45) is -3.65. The van der Waals surface area contributed by atoms with Crippen LogP contribution in [0, 0.1) is 5.92 Å². The molecular weight excluding hydrogens is 228 g/mol. The summed E-state index contributed by atoms with van der Waals surface area (Å²) in [5, 5.41) is 1.83. The predicted molar refractivity (Wildman–Crippen MR) is 51.4 cm³/mol. The van der Waals surface area contributed by atoms with Gasteiger partial charge in [0.1, 0.15) is 0 Å². The maximum absolute atomic E-state index is 12.6. The molecule has 0 aromatic carbocycles. The third kappa shape index (κ3) is 4.34. The Morgan fingerprint density at radius 2 is 1.88 bits per heavy atom. The smallest absolute Gasteiger partial charge is 0.347 e. The molecule has 0 spiro atoms. The van der Waals surface area contributed by atoms with Crippen molar-refractivity contribution in [1.82, 2.24) is 5.32 Å². The lowest BCUT2D eigenvalue weighted by molar-refractivity contribution is -0.170. The number of carbonyl (C=O) groups is 1. The first-order valence-corrected chi connectivity index (χ1v) is 4.88. The molecule has 0 aromatic heterocycles. The molecule has 0 aliphatic rings. The van der Waals surface area contributed by atoms with Crippen molar-refractivity contribution in [3.63, 3.8) is 0 Å². The van der Waals surface area contributed by atoms with Gasteiger partial charge in [0.25, 0.3) is 5.91 Å². The number of alkyl halides is 4. The Morgan fingerprint density at radius 3 is 2.19 bits per heavy atom. The summed E-state index contributed by atoms with van der Waals surface area (Å²) >= 11 is 0. The van der Waals surface area contributed by atoms with Gasteiger partial charge in [0, 0.05) is 12.6 Å². The molecule has 0 rings (SSSR count). The van der Waals surface area contributed by atoms with E-state index < -0.39 is 24.3 Å². The Bertz CT molecular complexity index is 234. The van der Waals surface area contributed by atoms with E-state index in [-0.39, 0.29) is 12.5 Å². The Hall–Kier alpha value is -0.850. The van der Waals surface area contributed by atoms with Gasteiger partial charge in [-0.1, -0.05) is 13.8 Å². The van der Waals surface area contributed by atoms with Crippen molar-refractivity contribution in [3.05, 3.63) is 0 Å². The maximum atomic E-state index is 12.6. The first kappa shape index (κ1) is 15.2. The van der Waals surface area contributed by atoms with Crippen LogP contribution in [-0.4, -0.2) is 30.8 Å². The van der Waals surface area contributed by atoms with Gasteiger partial charge in [-0.05, 0) is 12.3 Å². The lowest BCUT2D eigenvalue weighted by atomic mass is 10.0. The number of carbonyl (C=O) groups excluding carboxylic acids is 1. The molecule has 0 saturated heterocycles. The van der Waals surface area contributed by atoms with Gasteiger partial charge in [-0.15, -0.1) is 0 Å². The normalized spacial score (nSPS) is 14.3. The average molecular weight is 244 g/mol. The number of hydrogen-bond donors (Lipinski definition) is 2. The highest BCUT2D eigenvalue weighted by Gasteiger charge is 2.49. The van der Waals surface area contributed by atoms with E-state index >= 15 is 0 Å². The van der Waals surface area contributed by atoms with Gasteiger partial charge in [-0.3, -0.25) is 4.79 Å². The van der Waals surface area contributed by atoms with Crippen molar-refractivity contribution in [2.75, 3.05) is 6.54 Å². The molecule has 0 bridgehead atoms. The SMILES string of the molecule is CC(C)CC(CN)NC(=O)C(F)(F)C(F)F. The summed E-state index contributed by atoms with van der Waals surface area (Å²) in [6.45, 7) is 3.55. The van der Waals surface area contributed by atoms with Gasteiger partial charge in [0.2, 0.25) is 0 Å². The molecule has 0 aromatic rings. The van der Waals surface area contributed by atoms with Crippen LogP contribution < -0.4 is 11.1 Å². The number of rotatable bonds is 6. The molecule has 16 heavy (non-hydrogen) atoms. The topological polar surface area (TPSA) is 55.1 Å². The molecule has 1 unspecified atom stereocenters. The van der Waals surface area contributed by atoms with E-state index in [1.165, 1.54) is 0 Å². The Kier molecular flexibility index (Phi) is 5.71. The highest BCUT2D eigenvalue weighted by Crippen LogP contribution is 2.23. The van der Waals surface area contributed by atoms with E-state index in [9.17, 15) is 22.4 Å². The van der Waals surface area contributed by atoms with E-state index in [2.05, 4.69) is 0 Å². The zero-order chi connectivity index (χ0) is 12.9. The van der Waals surface area contributed by atoms with Gasteiger partial charge in [0.15, 0.2) is 0 Å². The van der Waals surface area contributed by atoms with Crippen molar-refractivity contribution in [1.29, 1.82) is 0 Å². The molecule has 0 aliphatic carbocycles. The fourth-order valence-corrected chi connectivity index (χ4v) is 1.16. The predicted octanol–water partition coefficient (Wildman–Crippen LogP) is 1.38. The number of hydrogen-bond acceptors (Lipinski definition) is 2. The summed E-state index contributed by atoms with van der Waals surface area (Å²) in [7, 11) is 0. The first-order valence-electron chi connectivity index (χ1n) is 4.88. The molecule has 0 aliphatic heterocycles. The highest BCUT2D eigenvalue weighted by atomic mass is 19.3. The zero-order valence-corrected chi connectivity index (χ0v) is 9.14. The molecular formula is C9H16F4N2O. The van der Waals surface area contributed by atoms with Gasteiger partial charge >= 0.3 is 12.3 Å². The minimum atomic E-state index is -4.66. The number of nitrogens with one attached hydrogen (secondary N) is 1. The number of amides is 1. The largest absolute Gasteiger partial charge is 0.383 e. The minimum absolute atomic E-state index is 0.0662. The lowest BCUT2D eigenvalue weighted by Gasteiger charge is -2.22. The van der Waals surface area contributed by atoms with Crippen molar-refractivity contribution in [2.24, 2.45) is 11.7 Å². The van der Waals surface area contributed by atoms with Crippen LogP contribution in [0.1, 0.15) is 20.3 Å². The Balaban J connectivity index is 4.41. The molecule has 3 nitrogen and oxygen atoms in total. The molecule has 1 amide bonds. The van der Waals surface area contributed by atoms with Crippen LogP contribution in [0.2, 0.25) is 0 Å². The van der Waals surface area contributed by atoms with Gasteiger partial charge in [0.05, 0.1) is 0 Å². The maximum Gasteiger partial charge on any atom is 0.383 e. The van der Waals surface area contributed by atoms with Crippen molar-refractivity contribution in [3.8, 4) is 0 Å². The summed E-state index contributed by atoms with van der Waals surface area (Å²) in [5.74, 6) is -6.52. The quantitative estimate of drug-likeness (QED) is 0.693. The Labute approximate surface area is 91.4 Å². The lowest BCUT2D eigenvalue weighted by Crippen LogP contribution is -2.51. The fourth-order valence-electron chi connectivity index (χ4n) is 1.16. The summed E-state index contributed by atoms with van der Waals surface area (Å²) in [4.78, 5) is 10.9. The zero-order valence-electron chi connectivity index (χ0n) is 9.14. The Morgan fingerprint density at radius 1 is 1.38 bits per heavy atom. The standard InChI is InChI=1S/C9H16F4N2O/c1-5(2)3-6(4-14)15-8(16)9(12,13)7(10)11/h5-7H,3-4,14H2,1-2H3,(H,15,16). The van der Waals surface area contributed by atoms with Gasteiger partial charge in [-0.2, -0.15) is 8.78 Å². The van der Waals surface area contributed by atoms with E-state index in [0.717, 1.165) is 0 Å². The second kappa shape index (κ2) is 6.03. The highest BCUT2D eigenvalue weighted by molar-refractivity contribution is 5.84. The first-order chi connectivity index (χ1) is 7.21. The van der Waals surface area contributed by atoms with Crippen LogP contribution in [0.15, 0.2) is 0 Å². The number of nitrogens with two attached hydrogens (primary N) is 1.